The number of nitrogen functional groups attached to an aromatic ring is 1. The first kappa shape index (κ1) is 14.3. The van der Waals surface area contributed by atoms with Gasteiger partial charge < -0.3 is 10.7 Å². The number of hydrazine groups is 1. The smallest absolute Gasteiger partial charge is 0.161 e. The fraction of sp³-hybridized carbons (Fsp3) is 0.0833. The lowest BCUT2D eigenvalue weighted by Gasteiger charge is -2.11. The summed E-state index contributed by atoms with van der Waals surface area (Å²) < 4.78 is 0. The van der Waals surface area contributed by atoms with Crippen molar-refractivity contribution in [1.82, 2.24) is 4.98 Å². The number of halogens is 2. The molecule has 7 heteroatoms. The summed E-state index contributed by atoms with van der Waals surface area (Å²) in [5, 5.41) is 3.94. The first-order valence-corrected chi connectivity index (χ1v) is 7.36. The third-order valence-electron chi connectivity index (χ3n) is 2.40. The summed E-state index contributed by atoms with van der Waals surface area (Å²) in [7, 11) is 0. The van der Waals surface area contributed by atoms with Crippen LogP contribution in [0.25, 0.3) is 0 Å². The molecule has 0 saturated carbocycles. The Kier molecular flexibility index (Phi) is 4.76. The van der Waals surface area contributed by atoms with Crippen molar-refractivity contribution in [3.05, 3.63) is 40.4 Å². The molecule has 100 valence electrons. The molecule has 0 unspecified atom stereocenters. The Hall–Kier alpha value is -1.14. The first-order valence-electron chi connectivity index (χ1n) is 5.37. The lowest BCUT2D eigenvalue weighted by molar-refractivity contribution is 1.22. The number of thioether (sulfide) groups is 1. The quantitative estimate of drug-likeness (QED) is 0.450. The third-order valence-corrected chi connectivity index (χ3v) is 3.70. The van der Waals surface area contributed by atoms with Gasteiger partial charge in [-0.25, -0.2) is 10.8 Å². The molecule has 2 rings (SSSR count). The normalized spacial score (nSPS) is 10.3. The zero-order chi connectivity index (χ0) is 13.8. The summed E-state index contributed by atoms with van der Waals surface area (Å²) in [6.45, 7) is 0. The maximum absolute atomic E-state index is 6.10. The first-order chi connectivity index (χ1) is 9.13. The van der Waals surface area contributed by atoms with E-state index in [1.54, 1.807) is 17.8 Å². The van der Waals surface area contributed by atoms with Crippen LogP contribution in [-0.4, -0.2) is 11.2 Å². The Bertz CT molecular complexity index is 592. The molecular formula is C12H12Cl2N4S. The molecule has 0 fully saturated rings. The molecule has 4 N–H and O–H groups in total. The standard InChI is InChI=1S/C12H12Cl2N4S/c1-19-8-4-2-3-7(5-8)16-11-9(13)6-10(14)12(17-11)18-15/h2-6H,15H2,1H3,(H2,16,17,18). The maximum Gasteiger partial charge on any atom is 0.161 e. The topological polar surface area (TPSA) is 63.0 Å². The van der Waals surface area contributed by atoms with Gasteiger partial charge in [-0.05, 0) is 30.5 Å². The van der Waals surface area contributed by atoms with E-state index in [4.69, 9.17) is 29.0 Å². The largest absolute Gasteiger partial charge is 0.339 e. The number of hydrogen-bond acceptors (Lipinski definition) is 5. The molecule has 0 aliphatic heterocycles. The molecule has 4 nitrogen and oxygen atoms in total. The van der Waals surface area contributed by atoms with Crippen molar-refractivity contribution in [2.45, 2.75) is 4.90 Å². The minimum absolute atomic E-state index is 0.370. The van der Waals surface area contributed by atoms with Crippen molar-refractivity contribution in [1.29, 1.82) is 0 Å². The van der Waals surface area contributed by atoms with Crippen molar-refractivity contribution in [2.24, 2.45) is 5.84 Å². The minimum atomic E-state index is 0.370. The highest BCUT2D eigenvalue weighted by molar-refractivity contribution is 7.98. The number of rotatable bonds is 4. The predicted molar refractivity (Wildman–Crippen MR) is 83.6 cm³/mol. The zero-order valence-electron chi connectivity index (χ0n) is 10.1. The van der Waals surface area contributed by atoms with Crippen molar-refractivity contribution in [3.8, 4) is 0 Å². The maximum atomic E-state index is 6.10. The number of aromatic nitrogens is 1. The molecule has 0 saturated heterocycles. The molecule has 2 aromatic rings. The van der Waals surface area contributed by atoms with E-state index in [1.807, 2.05) is 30.5 Å². The number of nitrogens with zero attached hydrogens (tertiary/aromatic N) is 1. The minimum Gasteiger partial charge on any atom is -0.339 e. The van der Waals surface area contributed by atoms with Crippen molar-refractivity contribution < 1.29 is 0 Å². The molecule has 1 heterocycles. The SMILES string of the molecule is CSc1cccc(Nc2nc(NN)c(Cl)cc2Cl)c1. The van der Waals surface area contributed by atoms with Gasteiger partial charge >= 0.3 is 0 Å². The van der Waals surface area contributed by atoms with Gasteiger partial charge in [0, 0.05) is 10.6 Å². The Morgan fingerprint density at radius 1 is 1.16 bits per heavy atom. The van der Waals surface area contributed by atoms with Gasteiger partial charge in [0.15, 0.2) is 11.6 Å². The summed E-state index contributed by atoms with van der Waals surface area (Å²) in [6.07, 6.45) is 2.02. The Morgan fingerprint density at radius 3 is 2.58 bits per heavy atom. The molecule has 0 amide bonds. The second kappa shape index (κ2) is 6.34. The van der Waals surface area contributed by atoms with Crippen LogP contribution in [0.3, 0.4) is 0 Å². The van der Waals surface area contributed by atoms with Gasteiger partial charge in [-0.15, -0.1) is 11.8 Å². The van der Waals surface area contributed by atoms with Gasteiger partial charge in [0.25, 0.3) is 0 Å². The molecule has 0 radical (unpaired) electrons. The van der Waals surface area contributed by atoms with Gasteiger partial charge in [0.2, 0.25) is 0 Å². The van der Waals surface area contributed by atoms with E-state index in [1.165, 1.54) is 0 Å². The van der Waals surface area contributed by atoms with Crippen LogP contribution in [0, 0.1) is 0 Å². The number of benzene rings is 1. The number of hydrogen-bond donors (Lipinski definition) is 3. The lowest BCUT2D eigenvalue weighted by Crippen LogP contribution is -2.10. The van der Waals surface area contributed by atoms with E-state index >= 15 is 0 Å². The summed E-state index contributed by atoms with van der Waals surface area (Å²) in [6, 6.07) is 9.51. The van der Waals surface area contributed by atoms with E-state index in [9.17, 15) is 0 Å². The molecule has 0 aliphatic carbocycles. The summed E-state index contributed by atoms with van der Waals surface area (Å²) in [4.78, 5) is 5.37. The van der Waals surface area contributed by atoms with Crippen LogP contribution in [0.5, 0.6) is 0 Å². The van der Waals surface area contributed by atoms with Crippen LogP contribution in [0.4, 0.5) is 17.3 Å². The molecule has 1 aromatic heterocycles. The predicted octanol–water partition coefficient (Wildman–Crippen LogP) is 4.14. The van der Waals surface area contributed by atoms with Gasteiger partial charge in [0.1, 0.15) is 0 Å². The number of nitrogens with one attached hydrogen (secondary N) is 2. The average molecular weight is 315 g/mol. The monoisotopic (exact) mass is 314 g/mol. The molecule has 0 aliphatic rings. The van der Waals surface area contributed by atoms with Gasteiger partial charge in [-0.3, -0.25) is 0 Å². The van der Waals surface area contributed by atoms with Crippen LogP contribution in [0.15, 0.2) is 35.2 Å². The second-order valence-electron chi connectivity index (χ2n) is 3.65. The fourth-order valence-electron chi connectivity index (χ4n) is 1.49. The van der Waals surface area contributed by atoms with Crippen molar-refractivity contribution in [2.75, 3.05) is 17.0 Å². The number of pyridine rings is 1. The summed E-state index contributed by atoms with van der Waals surface area (Å²) in [5.74, 6) is 6.20. The van der Waals surface area contributed by atoms with Gasteiger partial charge in [-0.2, -0.15) is 0 Å². The second-order valence-corrected chi connectivity index (χ2v) is 5.34. The number of anilines is 3. The fourth-order valence-corrected chi connectivity index (χ4v) is 2.41. The van der Waals surface area contributed by atoms with Gasteiger partial charge in [-0.1, -0.05) is 29.3 Å². The lowest BCUT2D eigenvalue weighted by atomic mass is 10.3. The number of nitrogens with two attached hydrogens (primary N) is 1. The van der Waals surface area contributed by atoms with Crippen molar-refractivity contribution in [3.63, 3.8) is 0 Å². The average Bonchev–Trinajstić information content (AvgIpc) is 2.42. The Morgan fingerprint density at radius 2 is 1.89 bits per heavy atom. The van der Waals surface area contributed by atoms with Crippen LogP contribution < -0.4 is 16.6 Å². The highest BCUT2D eigenvalue weighted by Crippen LogP contribution is 2.31. The van der Waals surface area contributed by atoms with E-state index in [2.05, 4.69) is 15.7 Å². The van der Waals surface area contributed by atoms with Gasteiger partial charge in [0.05, 0.1) is 10.0 Å². The van der Waals surface area contributed by atoms with Crippen LogP contribution >= 0.6 is 35.0 Å². The van der Waals surface area contributed by atoms with E-state index in [-0.39, 0.29) is 0 Å². The Balaban J connectivity index is 2.32. The summed E-state index contributed by atoms with van der Waals surface area (Å²) >= 11 is 13.7. The molecule has 0 bridgehead atoms. The molecular weight excluding hydrogens is 303 g/mol. The van der Waals surface area contributed by atoms with Crippen molar-refractivity contribution >= 4 is 52.3 Å². The third kappa shape index (κ3) is 3.45. The van der Waals surface area contributed by atoms with Crippen LogP contribution in [0.1, 0.15) is 0 Å². The van der Waals surface area contributed by atoms with E-state index < -0.39 is 0 Å². The highest BCUT2D eigenvalue weighted by atomic mass is 35.5. The Labute approximate surface area is 125 Å². The van der Waals surface area contributed by atoms with Crippen LogP contribution in [-0.2, 0) is 0 Å². The molecule has 0 spiro atoms. The van der Waals surface area contributed by atoms with E-state index in [0.29, 0.717) is 21.7 Å². The molecule has 0 atom stereocenters. The highest BCUT2D eigenvalue weighted by Gasteiger charge is 2.09. The summed E-state index contributed by atoms with van der Waals surface area (Å²) in [5.41, 5.74) is 3.32. The molecule has 19 heavy (non-hydrogen) atoms. The van der Waals surface area contributed by atoms with Crippen LogP contribution in [0.2, 0.25) is 10.0 Å². The molecule has 1 aromatic carbocycles. The zero-order valence-corrected chi connectivity index (χ0v) is 12.4. The van der Waals surface area contributed by atoms with E-state index in [0.717, 1.165) is 10.6 Å².